The van der Waals surface area contributed by atoms with Gasteiger partial charge in [-0.2, -0.15) is 13.2 Å². The van der Waals surface area contributed by atoms with E-state index in [9.17, 15) is 36.0 Å². The van der Waals surface area contributed by atoms with Crippen LogP contribution < -0.4 is 9.80 Å². The van der Waals surface area contributed by atoms with Crippen molar-refractivity contribution < 1.29 is 36.0 Å². The van der Waals surface area contributed by atoms with Gasteiger partial charge in [0.25, 0.3) is 21.7 Å². The van der Waals surface area contributed by atoms with Gasteiger partial charge in [-0.1, -0.05) is 18.2 Å². The summed E-state index contributed by atoms with van der Waals surface area (Å²) in [6, 6.07) is 12.9. The smallest absolute Gasteiger partial charge is 0.311 e. The van der Waals surface area contributed by atoms with Gasteiger partial charge in [0.2, 0.25) is 0 Å². The maximum absolute atomic E-state index is 13.1. The monoisotopic (exact) mass is 532 g/mol. The number of sulfone groups is 1. The van der Waals surface area contributed by atoms with Crippen LogP contribution in [0.25, 0.3) is 0 Å². The first-order valence-corrected chi connectivity index (χ1v) is 12.2. The third kappa shape index (κ3) is 4.89. The number of carbonyl (C=O) groups is 3. The summed E-state index contributed by atoms with van der Waals surface area (Å²) in [6.07, 6.45) is 2.80. The van der Waals surface area contributed by atoms with Gasteiger partial charge in [0, 0.05) is 31.7 Å². The highest BCUT2D eigenvalue weighted by Crippen LogP contribution is 2.32. The summed E-state index contributed by atoms with van der Waals surface area (Å²) in [7, 11) is -3.99. The van der Waals surface area contributed by atoms with E-state index in [1.165, 1.54) is 17.3 Å². The van der Waals surface area contributed by atoms with E-state index in [1.807, 2.05) is 6.07 Å². The maximum atomic E-state index is 13.1. The van der Waals surface area contributed by atoms with Crippen LogP contribution in [0.15, 0.2) is 78.0 Å². The Bertz CT molecular complexity index is 1460. The zero-order valence-electron chi connectivity index (χ0n) is 19.2. The molecule has 1 fully saturated rings. The average molecular weight is 533 g/mol. The van der Waals surface area contributed by atoms with Gasteiger partial charge in [0.1, 0.15) is 6.54 Å². The van der Waals surface area contributed by atoms with Gasteiger partial charge in [-0.15, -0.1) is 0 Å². The minimum atomic E-state index is -5.58. The number of rotatable bonds is 6. The van der Waals surface area contributed by atoms with Crippen LogP contribution in [0.2, 0.25) is 0 Å². The second-order valence-electron chi connectivity index (χ2n) is 8.04. The molecule has 0 unspecified atom stereocenters. The highest BCUT2D eigenvalue weighted by atomic mass is 32.2. The van der Waals surface area contributed by atoms with Gasteiger partial charge in [-0.25, -0.2) is 18.1 Å². The molecule has 4 rings (SSSR count). The number of hydrogen-bond acceptors (Lipinski definition) is 6. The number of alkyl halides is 3. The van der Waals surface area contributed by atoms with Crippen molar-refractivity contribution in [3.63, 3.8) is 0 Å². The van der Waals surface area contributed by atoms with Crippen LogP contribution in [0.3, 0.4) is 0 Å². The van der Waals surface area contributed by atoms with E-state index in [-0.39, 0.29) is 30.2 Å². The Balaban J connectivity index is 1.55. The molecule has 0 radical (unpaired) electrons. The highest BCUT2D eigenvalue weighted by molar-refractivity contribution is 7.92. The van der Waals surface area contributed by atoms with E-state index in [4.69, 9.17) is 0 Å². The van der Waals surface area contributed by atoms with Crippen LogP contribution in [-0.2, 0) is 21.2 Å². The molecule has 192 valence electrons. The van der Waals surface area contributed by atoms with Crippen LogP contribution >= 0.6 is 0 Å². The fourth-order valence-corrected chi connectivity index (χ4v) is 4.51. The number of imide groups is 1. The number of benzene rings is 2. The summed E-state index contributed by atoms with van der Waals surface area (Å²) in [6.45, 7) is -0.472. The van der Waals surface area contributed by atoms with Crippen molar-refractivity contribution in [2.24, 2.45) is 0 Å². The van der Waals surface area contributed by atoms with Crippen LogP contribution in [0.5, 0.6) is 0 Å². The Kier molecular flexibility index (Phi) is 6.74. The molecule has 2 heterocycles. The van der Waals surface area contributed by atoms with Crippen LogP contribution in [0, 0.1) is 0 Å². The Morgan fingerprint density at radius 2 is 1.68 bits per heavy atom. The molecule has 1 aromatic heterocycles. The molecule has 0 saturated carbocycles. The highest BCUT2D eigenvalue weighted by Gasteiger charge is 2.47. The lowest BCUT2D eigenvalue weighted by molar-refractivity contribution is -0.116. The van der Waals surface area contributed by atoms with Crippen LogP contribution in [0.1, 0.15) is 15.9 Å². The first-order chi connectivity index (χ1) is 17.4. The van der Waals surface area contributed by atoms with Crippen molar-refractivity contribution >= 4 is 39.1 Å². The molecule has 2 aromatic carbocycles. The molecule has 0 atom stereocenters. The first kappa shape index (κ1) is 25.8. The van der Waals surface area contributed by atoms with E-state index < -0.39 is 32.2 Å². The molecule has 3 aromatic rings. The van der Waals surface area contributed by atoms with Crippen molar-refractivity contribution in [2.45, 2.75) is 16.9 Å². The molecule has 1 saturated heterocycles. The van der Waals surface area contributed by atoms with Crippen molar-refractivity contribution in [2.75, 3.05) is 23.4 Å². The molecule has 1 aliphatic rings. The number of nitrogens with zero attached hydrogens (tertiary/aromatic N) is 4. The zero-order chi connectivity index (χ0) is 27.0. The fraction of sp³-hybridized carbons (Fsp3) is 0.167. The summed E-state index contributed by atoms with van der Waals surface area (Å²) in [5.74, 6) is -1.05. The topological polar surface area (TPSA) is 108 Å². The second kappa shape index (κ2) is 9.65. The molecule has 0 spiro atoms. The van der Waals surface area contributed by atoms with Crippen molar-refractivity contribution in [3.8, 4) is 0 Å². The van der Waals surface area contributed by atoms with Crippen LogP contribution in [-0.4, -0.2) is 55.2 Å². The summed E-state index contributed by atoms with van der Waals surface area (Å²) >= 11 is 0. The zero-order valence-corrected chi connectivity index (χ0v) is 20.0. The molecule has 0 aliphatic carbocycles. The maximum Gasteiger partial charge on any atom is 0.501 e. The summed E-state index contributed by atoms with van der Waals surface area (Å²) in [4.78, 5) is 45.1. The lowest BCUT2D eigenvalue weighted by Gasteiger charge is -2.21. The summed E-state index contributed by atoms with van der Waals surface area (Å²) < 4.78 is 61.5. The van der Waals surface area contributed by atoms with E-state index in [0.717, 1.165) is 21.9 Å². The van der Waals surface area contributed by atoms with Gasteiger partial charge in [-0.05, 0) is 48.0 Å². The molecule has 37 heavy (non-hydrogen) atoms. The van der Waals surface area contributed by atoms with E-state index >= 15 is 0 Å². The Morgan fingerprint density at radius 3 is 2.30 bits per heavy atom. The summed E-state index contributed by atoms with van der Waals surface area (Å²) in [5, 5.41) is 0. The van der Waals surface area contributed by atoms with E-state index in [1.54, 1.807) is 37.4 Å². The lowest BCUT2D eigenvalue weighted by atomic mass is 10.1. The van der Waals surface area contributed by atoms with Crippen molar-refractivity contribution in [1.82, 2.24) is 9.88 Å². The average Bonchev–Trinajstić information content (AvgIpc) is 3.15. The minimum absolute atomic E-state index is 0.0894. The first-order valence-electron chi connectivity index (χ1n) is 10.7. The Labute approximate surface area is 209 Å². The Hall–Kier alpha value is -4.26. The number of halogens is 3. The molecule has 1 aliphatic heterocycles. The molecule has 13 heteroatoms. The lowest BCUT2D eigenvalue weighted by Crippen LogP contribution is -2.33. The molecular formula is C24H19F3N4O5S. The van der Waals surface area contributed by atoms with Crippen LogP contribution in [0.4, 0.5) is 29.3 Å². The normalized spacial score (nSPS) is 14.3. The fourth-order valence-electron chi connectivity index (χ4n) is 3.74. The van der Waals surface area contributed by atoms with Gasteiger partial charge in [0.15, 0.2) is 0 Å². The van der Waals surface area contributed by atoms with Gasteiger partial charge in [-0.3, -0.25) is 14.6 Å². The standard InChI is InChI=1S/C24H19F3N4O5S/c1-29(17-5-3-2-4-6-17)22(33)20-13-28-12-11-16(20)14-30-15-21(32)31(23(30)34)18-7-9-19(10-8-18)37(35,36)24(25,26)27/h2-13H,14-15H2,1H3. The number of hydrogen-bond donors (Lipinski definition) is 0. The van der Waals surface area contributed by atoms with Gasteiger partial charge in [0.05, 0.1) is 16.1 Å². The molecule has 9 nitrogen and oxygen atoms in total. The molecule has 4 amide bonds. The largest absolute Gasteiger partial charge is 0.501 e. The number of aromatic nitrogens is 1. The predicted molar refractivity (Wildman–Crippen MR) is 126 cm³/mol. The third-order valence-electron chi connectivity index (χ3n) is 5.70. The molecular weight excluding hydrogens is 513 g/mol. The number of para-hydroxylation sites is 1. The minimum Gasteiger partial charge on any atom is -0.311 e. The second-order valence-corrected chi connectivity index (χ2v) is 9.98. The third-order valence-corrected chi connectivity index (χ3v) is 7.20. The Morgan fingerprint density at radius 1 is 1.03 bits per heavy atom. The van der Waals surface area contributed by atoms with Gasteiger partial charge < -0.3 is 9.80 Å². The van der Waals surface area contributed by atoms with Crippen molar-refractivity contribution in [1.29, 1.82) is 0 Å². The van der Waals surface area contributed by atoms with Crippen molar-refractivity contribution in [3.05, 3.63) is 84.2 Å². The SMILES string of the molecule is CN(C(=O)c1cnccc1CN1CC(=O)N(c2ccc(S(=O)(=O)C(F)(F)F)cc2)C1=O)c1ccccc1. The van der Waals surface area contributed by atoms with Gasteiger partial charge >= 0.3 is 11.5 Å². The predicted octanol–water partition coefficient (Wildman–Crippen LogP) is 3.62. The number of amides is 4. The number of carbonyl (C=O) groups excluding carboxylic acids is 3. The molecule has 0 bridgehead atoms. The summed E-state index contributed by atoms with van der Waals surface area (Å²) in [5.41, 5.74) is -4.30. The van der Waals surface area contributed by atoms with E-state index in [0.29, 0.717) is 23.4 Å². The van der Waals surface area contributed by atoms with E-state index in [2.05, 4.69) is 4.98 Å². The quantitative estimate of drug-likeness (QED) is 0.449. The number of pyridine rings is 1. The number of anilines is 2. The number of urea groups is 1. The molecule has 0 N–H and O–H groups in total.